The number of rotatable bonds is 21. The molecule has 57 heavy (non-hydrogen) atoms. The van der Waals surface area contributed by atoms with Crippen molar-refractivity contribution in [2.45, 2.75) is 76.7 Å². The van der Waals surface area contributed by atoms with Crippen LogP contribution in [0.1, 0.15) is 43.0 Å². The van der Waals surface area contributed by atoms with Gasteiger partial charge < -0.3 is 28.5 Å². The zero-order chi connectivity index (χ0) is 39.8. The molecule has 0 amide bonds. The molecule has 296 valence electrons. The summed E-state index contributed by atoms with van der Waals surface area (Å²) < 4.78 is 34.4. The van der Waals surface area contributed by atoms with Crippen molar-refractivity contribution in [2.75, 3.05) is 13.2 Å². The molecule has 0 fully saturated rings. The molecule has 0 saturated heterocycles. The Balaban J connectivity index is 1.40. The summed E-state index contributed by atoms with van der Waals surface area (Å²) in [5, 5.41) is 14.2. The lowest BCUT2D eigenvalue weighted by Crippen LogP contribution is -2.67. The van der Waals surface area contributed by atoms with Crippen LogP contribution < -0.4 is 10.4 Å². The second-order valence-electron chi connectivity index (χ2n) is 15.4. The van der Waals surface area contributed by atoms with E-state index in [9.17, 15) is 5.11 Å². The van der Waals surface area contributed by atoms with E-state index in [0.29, 0.717) is 13.2 Å². The number of ether oxygens (including phenoxy) is 4. The normalized spacial score (nSPS) is 14.1. The van der Waals surface area contributed by atoms with Crippen LogP contribution >= 0.6 is 0 Å². The van der Waals surface area contributed by atoms with Crippen molar-refractivity contribution >= 4 is 18.7 Å². The number of hydrogen-bond acceptors (Lipinski definition) is 6. The Labute approximate surface area is 340 Å². The van der Waals surface area contributed by atoms with Gasteiger partial charge in [0.25, 0.3) is 8.32 Å². The number of benzene rings is 6. The highest BCUT2D eigenvalue weighted by atomic mass is 28.4. The standard InChI is InChI=1S/C50H56O6Si/c1-50(2,3)57(44-30-18-8-19-31-44,45-32-20-9-21-33-45)56-39-47(53-35-41-24-12-5-13-25-41)49(55-37-43-28-16-7-17-29-43)48(54-36-42-26-14-6-15-27-42)46(51)38-52-34-40-22-10-4-11-23-40/h4-33,46-49,51H,34-39H2,1-3H3/t46-,47-,48+,49+/m0/s1. The highest BCUT2D eigenvalue weighted by molar-refractivity contribution is 6.99. The van der Waals surface area contributed by atoms with Crippen LogP contribution in [-0.2, 0) is 49.8 Å². The van der Waals surface area contributed by atoms with Gasteiger partial charge in [-0.3, -0.25) is 0 Å². The number of hydrogen-bond donors (Lipinski definition) is 1. The Morgan fingerprint density at radius 1 is 0.439 bits per heavy atom. The predicted molar refractivity (Wildman–Crippen MR) is 231 cm³/mol. The third-order valence-corrected chi connectivity index (χ3v) is 15.2. The quantitative estimate of drug-likeness (QED) is 0.0737. The second-order valence-corrected chi connectivity index (χ2v) is 19.7. The van der Waals surface area contributed by atoms with E-state index in [-0.39, 0.29) is 31.5 Å². The fraction of sp³-hybridized carbons (Fsp3) is 0.280. The van der Waals surface area contributed by atoms with Gasteiger partial charge in [-0.1, -0.05) is 203 Å². The summed E-state index contributed by atoms with van der Waals surface area (Å²) in [6.45, 7) is 8.21. The summed E-state index contributed by atoms with van der Waals surface area (Å²) in [4.78, 5) is 0. The minimum Gasteiger partial charge on any atom is -0.405 e. The van der Waals surface area contributed by atoms with Crippen LogP contribution in [0.25, 0.3) is 0 Å². The van der Waals surface area contributed by atoms with Crippen LogP contribution in [0.4, 0.5) is 0 Å². The van der Waals surface area contributed by atoms with Gasteiger partial charge in [-0.05, 0) is 37.7 Å². The molecular formula is C50H56O6Si. The van der Waals surface area contributed by atoms with Gasteiger partial charge in [0, 0.05) is 0 Å². The maximum Gasteiger partial charge on any atom is 0.261 e. The highest BCUT2D eigenvalue weighted by Gasteiger charge is 2.51. The third kappa shape index (κ3) is 11.7. The van der Waals surface area contributed by atoms with Gasteiger partial charge in [-0.2, -0.15) is 0 Å². The molecule has 0 bridgehead atoms. The minimum atomic E-state index is -3.01. The number of aliphatic hydroxyl groups is 1. The molecule has 0 aliphatic heterocycles. The molecule has 6 aromatic rings. The molecule has 0 aromatic heterocycles. The molecule has 6 nitrogen and oxygen atoms in total. The van der Waals surface area contributed by atoms with E-state index in [1.54, 1.807) is 0 Å². The molecule has 0 unspecified atom stereocenters. The lowest BCUT2D eigenvalue weighted by atomic mass is 10.0. The molecule has 0 saturated carbocycles. The Bertz CT molecular complexity index is 1940. The van der Waals surface area contributed by atoms with E-state index in [1.807, 2.05) is 121 Å². The Morgan fingerprint density at radius 3 is 1.19 bits per heavy atom. The van der Waals surface area contributed by atoms with E-state index < -0.39 is 32.7 Å². The Morgan fingerprint density at radius 2 is 0.789 bits per heavy atom. The van der Waals surface area contributed by atoms with E-state index >= 15 is 0 Å². The first kappa shape index (κ1) is 41.9. The molecule has 4 atom stereocenters. The van der Waals surface area contributed by atoms with Crippen LogP contribution in [0.2, 0.25) is 5.04 Å². The molecule has 0 spiro atoms. The SMILES string of the molecule is CC(C)(C)[Si](OC[C@H](OCc1ccccc1)[C@@H](OCc1ccccc1)[C@H](OCc1ccccc1)[C@@H](O)COCc1ccccc1)(c1ccccc1)c1ccccc1. The fourth-order valence-electron chi connectivity index (χ4n) is 7.32. The summed E-state index contributed by atoms with van der Waals surface area (Å²) >= 11 is 0. The average molecular weight is 781 g/mol. The molecule has 0 aliphatic carbocycles. The van der Waals surface area contributed by atoms with Gasteiger partial charge in [-0.15, -0.1) is 0 Å². The lowest BCUT2D eigenvalue weighted by Gasteiger charge is -2.44. The zero-order valence-electron chi connectivity index (χ0n) is 33.4. The molecule has 7 heteroatoms. The van der Waals surface area contributed by atoms with Crippen molar-refractivity contribution in [2.24, 2.45) is 0 Å². The minimum absolute atomic E-state index is 0.0283. The average Bonchev–Trinajstić information content (AvgIpc) is 3.25. The van der Waals surface area contributed by atoms with Gasteiger partial charge in [0.05, 0.1) is 39.6 Å². The van der Waals surface area contributed by atoms with E-state index in [4.69, 9.17) is 23.4 Å². The second kappa shape index (κ2) is 21.2. The van der Waals surface area contributed by atoms with Crippen molar-refractivity contribution in [1.29, 1.82) is 0 Å². The summed E-state index contributed by atoms with van der Waals surface area (Å²) in [7, 11) is -3.01. The zero-order valence-corrected chi connectivity index (χ0v) is 34.4. The molecule has 0 radical (unpaired) electrons. The first-order valence-electron chi connectivity index (χ1n) is 19.8. The monoisotopic (exact) mass is 780 g/mol. The smallest absolute Gasteiger partial charge is 0.261 e. The van der Waals surface area contributed by atoms with Crippen molar-refractivity contribution in [1.82, 2.24) is 0 Å². The maximum atomic E-state index is 12.2. The van der Waals surface area contributed by atoms with Gasteiger partial charge in [0.15, 0.2) is 0 Å². The van der Waals surface area contributed by atoms with Crippen molar-refractivity contribution in [3.63, 3.8) is 0 Å². The van der Waals surface area contributed by atoms with Gasteiger partial charge in [0.2, 0.25) is 0 Å². The topological polar surface area (TPSA) is 66.4 Å². The molecule has 6 aromatic carbocycles. The third-order valence-electron chi connectivity index (χ3n) is 10.2. The molecule has 0 heterocycles. The van der Waals surface area contributed by atoms with E-state index in [2.05, 4.69) is 81.4 Å². The molecular weight excluding hydrogens is 725 g/mol. The van der Waals surface area contributed by atoms with Gasteiger partial charge in [-0.25, -0.2) is 0 Å². The summed E-state index contributed by atoms with van der Waals surface area (Å²) in [5.41, 5.74) is 4.01. The van der Waals surface area contributed by atoms with Crippen molar-refractivity contribution in [3.05, 3.63) is 204 Å². The maximum absolute atomic E-state index is 12.2. The van der Waals surface area contributed by atoms with Gasteiger partial charge >= 0.3 is 0 Å². The first-order chi connectivity index (χ1) is 27.8. The fourth-order valence-corrected chi connectivity index (χ4v) is 11.9. The largest absolute Gasteiger partial charge is 0.405 e. The Kier molecular flexibility index (Phi) is 15.6. The van der Waals surface area contributed by atoms with Crippen molar-refractivity contribution < 1.29 is 28.5 Å². The highest BCUT2D eigenvalue weighted by Crippen LogP contribution is 2.37. The van der Waals surface area contributed by atoms with Crippen LogP contribution in [-0.4, -0.2) is 51.1 Å². The van der Waals surface area contributed by atoms with Crippen LogP contribution in [0, 0.1) is 0 Å². The number of aliphatic hydroxyl groups excluding tert-OH is 1. The Hall–Kier alpha value is -4.70. The molecule has 1 N–H and O–H groups in total. The summed E-state index contributed by atoms with van der Waals surface area (Å²) in [5.74, 6) is 0. The van der Waals surface area contributed by atoms with Crippen molar-refractivity contribution in [3.8, 4) is 0 Å². The van der Waals surface area contributed by atoms with Gasteiger partial charge in [0.1, 0.15) is 24.4 Å². The summed E-state index contributed by atoms with van der Waals surface area (Å²) in [6, 6.07) is 61.3. The lowest BCUT2D eigenvalue weighted by molar-refractivity contribution is -0.192. The van der Waals surface area contributed by atoms with Crippen LogP contribution in [0.15, 0.2) is 182 Å². The summed E-state index contributed by atoms with van der Waals surface area (Å²) in [6.07, 6.45) is -3.35. The van der Waals surface area contributed by atoms with E-state index in [1.165, 1.54) is 10.4 Å². The molecule has 0 aliphatic rings. The molecule has 6 rings (SSSR count). The predicted octanol–water partition coefficient (Wildman–Crippen LogP) is 8.90. The first-order valence-corrected chi connectivity index (χ1v) is 21.8. The van der Waals surface area contributed by atoms with Crippen LogP contribution in [0.5, 0.6) is 0 Å². The van der Waals surface area contributed by atoms with E-state index in [0.717, 1.165) is 22.3 Å². The van der Waals surface area contributed by atoms with Crippen LogP contribution in [0.3, 0.4) is 0 Å².